The van der Waals surface area contributed by atoms with Crippen molar-refractivity contribution < 1.29 is 4.79 Å². The Hall–Kier alpha value is -2.49. The molecular formula is C20H27N3O. The largest absolute Gasteiger partial charge is 0.378 e. The Morgan fingerprint density at radius 2 is 1.62 bits per heavy atom. The first-order valence-electron chi connectivity index (χ1n) is 8.33. The average Bonchev–Trinajstić information content (AvgIpc) is 2.51. The van der Waals surface area contributed by atoms with E-state index >= 15 is 0 Å². The smallest absolute Gasteiger partial charge is 0.319 e. The van der Waals surface area contributed by atoms with Gasteiger partial charge in [-0.05, 0) is 67.6 Å². The standard InChI is InChI=1S/C20H27N3O/c1-15-12-16(2)14-18(13-15)22-20(24)21-11-5-6-17-7-9-19(10-8-17)23(3)4/h7-10,12-14H,5-6,11H2,1-4H3,(H2,21,22,24). The summed E-state index contributed by atoms with van der Waals surface area (Å²) in [5.74, 6) is 0. The number of aryl methyl sites for hydroxylation is 3. The minimum Gasteiger partial charge on any atom is -0.378 e. The van der Waals surface area contributed by atoms with Crippen LogP contribution in [0, 0.1) is 13.8 Å². The molecule has 0 aliphatic carbocycles. The fraction of sp³-hybridized carbons (Fsp3) is 0.350. The first-order chi connectivity index (χ1) is 11.4. The maximum atomic E-state index is 11.9. The molecule has 24 heavy (non-hydrogen) atoms. The summed E-state index contributed by atoms with van der Waals surface area (Å²) in [6, 6.07) is 14.4. The van der Waals surface area contributed by atoms with Crippen LogP contribution in [0.3, 0.4) is 0 Å². The van der Waals surface area contributed by atoms with Crippen LogP contribution in [0.25, 0.3) is 0 Å². The van der Waals surface area contributed by atoms with E-state index < -0.39 is 0 Å². The highest BCUT2D eigenvalue weighted by Crippen LogP contribution is 2.14. The van der Waals surface area contributed by atoms with Crippen LogP contribution < -0.4 is 15.5 Å². The maximum Gasteiger partial charge on any atom is 0.319 e. The lowest BCUT2D eigenvalue weighted by Gasteiger charge is -2.13. The maximum absolute atomic E-state index is 11.9. The Morgan fingerprint density at radius 3 is 2.21 bits per heavy atom. The fourth-order valence-corrected chi connectivity index (χ4v) is 2.68. The number of rotatable bonds is 6. The predicted molar refractivity (Wildman–Crippen MR) is 102 cm³/mol. The minimum absolute atomic E-state index is 0.150. The van der Waals surface area contributed by atoms with Crippen molar-refractivity contribution in [1.29, 1.82) is 0 Å². The van der Waals surface area contributed by atoms with Crippen molar-refractivity contribution in [2.45, 2.75) is 26.7 Å². The van der Waals surface area contributed by atoms with Crippen LogP contribution in [0.5, 0.6) is 0 Å². The lowest BCUT2D eigenvalue weighted by molar-refractivity contribution is 0.252. The zero-order valence-corrected chi connectivity index (χ0v) is 15.0. The van der Waals surface area contributed by atoms with Crippen molar-refractivity contribution in [2.75, 3.05) is 30.9 Å². The first-order valence-corrected chi connectivity index (χ1v) is 8.33. The molecule has 0 spiro atoms. The van der Waals surface area contributed by atoms with Crippen LogP contribution in [-0.2, 0) is 6.42 Å². The second-order valence-electron chi connectivity index (χ2n) is 6.42. The van der Waals surface area contributed by atoms with Gasteiger partial charge in [-0.2, -0.15) is 0 Å². The van der Waals surface area contributed by atoms with E-state index in [0.717, 1.165) is 29.7 Å². The molecule has 0 fully saturated rings. The van der Waals surface area contributed by atoms with Gasteiger partial charge in [0.05, 0.1) is 0 Å². The number of anilines is 2. The molecule has 0 aromatic heterocycles. The quantitative estimate of drug-likeness (QED) is 0.785. The van der Waals surface area contributed by atoms with Gasteiger partial charge in [-0.3, -0.25) is 0 Å². The van der Waals surface area contributed by atoms with Gasteiger partial charge in [-0.15, -0.1) is 0 Å². The molecule has 0 radical (unpaired) electrons. The molecule has 2 aromatic carbocycles. The van der Waals surface area contributed by atoms with Crippen molar-refractivity contribution in [1.82, 2.24) is 5.32 Å². The van der Waals surface area contributed by atoms with Gasteiger partial charge in [-0.25, -0.2) is 4.79 Å². The zero-order chi connectivity index (χ0) is 17.5. The Bertz CT molecular complexity index is 658. The van der Waals surface area contributed by atoms with E-state index in [-0.39, 0.29) is 6.03 Å². The van der Waals surface area contributed by atoms with Crippen LogP contribution in [0.1, 0.15) is 23.1 Å². The summed E-state index contributed by atoms with van der Waals surface area (Å²) < 4.78 is 0. The number of benzene rings is 2. The lowest BCUT2D eigenvalue weighted by Crippen LogP contribution is -2.29. The molecule has 2 amide bonds. The number of amides is 2. The summed E-state index contributed by atoms with van der Waals surface area (Å²) in [4.78, 5) is 14.0. The molecule has 0 aliphatic rings. The van der Waals surface area contributed by atoms with E-state index in [0.29, 0.717) is 6.54 Å². The third-order valence-corrected chi connectivity index (χ3v) is 3.86. The van der Waals surface area contributed by atoms with Crippen LogP contribution in [-0.4, -0.2) is 26.7 Å². The Morgan fingerprint density at radius 1 is 1.00 bits per heavy atom. The number of carbonyl (C=O) groups is 1. The predicted octanol–water partition coefficient (Wildman–Crippen LogP) is 4.12. The molecule has 2 N–H and O–H groups in total. The third-order valence-electron chi connectivity index (χ3n) is 3.86. The highest BCUT2D eigenvalue weighted by Gasteiger charge is 2.03. The van der Waals surface area contributed by atoms with Gasteiger partial charge < -0.3 is 15.5 Å². The number of urea groups is 1. The van der Waals surface area contributed by atoms with Gasteiger partial charge in [0.2, 0.25) is 0 Å². The van der Waals surface area contributed by atoms with Crippen LogP contribution in [0.4, 0.5) is 16.2 Å². The van der Waals surface area contributed by atoms with E-state index in [1.54, 1.807) is 0 Å². The van der Waals surface area contributed by atoms with Crippen molar-refractivity contribution in [2.24, 2.45) is 0 Å². The third kappa shape index (κ3) is 5.61. The molecule has 128 valence electrons. The molecule has 0 bridgehead atoms. The van der Waals surface area contributed by atoms with Gasteiger partial charge in [0.15, 0.2) is 0 Å². The summed E-state index contributed by atoms with van der Waals surface area (Å²) in [5.41, 5.74) is 5.61. The summed E-state index contributed by atoms with van der Waals surface area (Å²) in [5, 5.41) is 5.80. The molecule has 4 heteroatoms. The number of hydrogen-bond donors (Lipinski definition) is 2. The first kappa shape index (κ1) is 17.9. The van der Waals surface area contributed by atoms with Crippen LogP contribution in [0.15, 0.2) is 42.5 Å². The minimum atomic E-state index is -0.150. The number of nitrogens with one attached hydrogen (secondary N) is 2. The SMILES string of the molecule is Cc1cc(C)cc(NC(=O)NCCCc2ccc(N(C)C)cc2)c1. The van der Waals surface area contributed by atoms with Crippen molar-refractivity contribution >= 4 is 17.4 Å². The molecule has 2 rings (SSSR count). The van der Waals surface area contributed by atoms with E-state index in [1.165, 1.54) is 11.3 Å². The van der Waals surface area contributed by atoms with Crippen LogP contribution >= 0.6 is 0 Å². The molecular weight excluding hydrogens is 298 g/mol. The van der Waals surface area contributed by atoms with Gasteiger partial charge in [-0.1, -0.05) is 18.2 Å². The van der Waals surface area contributed by atoms with Crippen molar-refractivity contribution in [3.63, 3.8) is 0 Å². The number of nitrogens with zero attached hydrogens (tertiary/aromatic N) is 1. The second-order valence-corrected chi connectivity index (χ2v) is 6.42. The van der Waals surface area contributed by atoms with Crippen molar-refractivity contribution in [3.8, 4) is 0 Å². The van der Waals surface area contributed by atoms with Crippen molar-refractivity contribution in [3.05, 3.63) is 59.2 Å². The molecule has 0 heterocycles. The number of hydrogen-bond acceptors (Lipinski definition) is 2. The van der Waals surface area contributed by atoms with Gasteiger partial charge in [0.25, 0.3) is 0 Å². The van der Waals surface area contributed by atoms with Gasteiger partial charge in [0, 0.05) is 32.0 Å². The van der Waals surface area contributed by atoms with Crippen LogP contribution in [0.2, 0.25) is 0 Å². The molecule has 2 aromatic rings. The molecule has 0 aliphatic heterocycles. The molecule has 0 unspecified atom stereocenters. The summed E-state index contributed by atoms with van der Waals surface area (Å²) in [6.07, 6.45) is 1.87. The molecule has 0 saturated heterocycles. The Labute approximate surface area is 144 Å². The lowest BCUT2D eigenvalue weighted by atomic mass is 10.1. The Balaban J connectivity index is 1.72. The zero-order valence-electron chi connectivity index (χ0n) is 15.0. The molecule has 4 nitrogen and oxygen atoms in total. The Kier molecular flexibility index (Phi) is 6.24. The highest BCUT2D eigenvalue weighted by molar-refractivity contribution is 5.89. The fourth-order valence-electron chi connectivity index (χ4n) is 2.68. The van der Waals surface area contributed by atoms with E-state index in [4.69, 9.17) is 0 Å². The highest BCUT2D eigenvalue weighted by atomic mass is 16.2. The summed E-state index contributed by atoms with van der Waals surface area (Å²) >= 11 is 0. The van der Waals surface area contributed by atoms with Gasteiger partial charge >= 0.3 is 6.03 Å². The normalized spacial score (nSPS) is 10.3. The molecule has 0 saturated carbocycles. The van der Waals surface area contributed by atoms with E-state index in [2.05, 4.69) is 45.9 Å². The monoisotopic (exact) mass is 325 g/mol. The number of carbonyl (C=O) groups excluding carboxylic acids is 1. The average molecular weight is 325 g/mol. The van der Waals surface area contributed by atoms with E-state index in [9.17, 15) is 4.79 Å². The van der Waals surface area contributed by atoms with E-state index in [1.807, 2.05) is 40.1 Å². The summed E-state index contributed by atoms with van der Waals surface area (Å²) in [7, 11) is 4.07. The topological polar surface area (TPSA) is 44.4 Å². The second kappa shape index (κ2) is 8.39. The summed E-state index contributed by atoms with van der Waals surface area (Å²) in [6.45, 7) is 4.71. The van der Waals surface area contributed by atoms with Gasteiger partial charge in [0.1, 0.15) is 0 Å². The molecule has 0 atom stereocenters.